The molecule has 2 rings (SSSR count). The SMILES string of the molecule is CC(=O)N1c2ccc(CC(N)CC(=O)O)cc2CC1C. The molecule has 0 spiro atoms. The Labute approximate surface area is 118 Å². The van der Waals surface area contributed by atoms with Crippen LogP contribution in [0.25, 0.3) is 0 Å². The first-order chi connectivity index (χ1) is 9.38. The molecule has 0 saturated carbocycles. The molecule has 5 heteroatoms. The summed E-state index contributed by atoms with van der Waals surface area (Å²) >= 11 is 0. The second-order valence-electron chi connectivity index (χ2n) is 5.47. The van der Waals surface area contributed by atoms with Crippen molar-refractivity contribution in [2.24, 2.45) is 5.73 Å². The summed E-state index contributed by atoms with van der Waals surface area (Å²) in [4.78, 5) is 24.1. The third-order valence-corrected chi connectivity index (χ3v) is 3.63. The molecule has 2 atom stereocenters. The molecular weight excluding hydrogens is 256 g/mol. The third kappa shape index (κ3) is 2.99. The summed E-state index contributed by atoms with van der Waals surface area (Å²) < 4.78 is 0. The van der Waals surface area contributed by atoms with Gasteiger partial charge in [0.15, 0.2) is 0 Å². The van der Waals surface area contributed by atoms with Crippen LogP contribution in [0, 0.1) is 0 Å². The molecule has 0 bridgehead atoms. The van der Waals surface area contributed by atoms with Gasteiger partial charge < -0.3 is 15.7 Å². The highest BCUT2D eigenvalue weighted by Crippen LogP contribution is 2.33. The summed E-state index contributed by atoms with van der Waals surface area (Å²) in [6.45, 7) is 3.60. The van der Waals surface area contributed by atoms with E-state index in [1.165, 1.54) is 0 Å². The van der Waals surface area contributed by atoms with Crippen molar-refractivity contribution >= 4 is 17.6 Å². The van der Waals surface area contributed by atoms with Crippen LogP contribution in [0.5, 0.6) is 0 Å². The van der Waals surface area contributed by atoms with Gasteiger partial charge in [-0.15, -0.1) is 0 Å². The van der Waals surface area contributed by atoms with Crippen LogP contribution in [0.15, 0.2) is 18.2 Å². The molecular formula is C15H20N2O3. The highest BCUT2D eigenvalue weighted by molar-refractivity contribution is 5.94. The van der Waals surface area contributed by atoms with Crippen LogP contribution >= 0.6 is 0 Å². The Balaban J connectivity index is 2.16. The molecule has 1 aromatic carbocycles. The number of benzene rings is 1. The van der Waals surface area contributed by atoms with Gasteiger partial charge in [-0.25, -0.2) is 0 Å². The zero-order valence-corrected chi connectivity index (χ0v) is 11.8. The lowest BCUT2D eigenvalue weighted by atomic mass is 10.0. The predicted octanol–water partition coefficient (Wildman–Crippen LogP) is 1.33. The Morgan fingerprint density at radius 3 is 2.80 bits per heavy atom. The molecule has 108 valence electrons. The maximum absolute atomic E-state index is 11.6. The lowest BCUT2D eigenvalue weighted by Gasteiger charge is -2.20. The van der Waals surface area contributed by atoms with Crippen molar-refractivity contribution in [2.75, 3.05) is 4.90 Å². The summed E-state index contributed by atoms with van der Waals surface area (Å²) in [5.74, 6) is -0.832. The molecule has 0 aromatic heterocycles. The fourth-order valence-corrected chi connectivity index (χ4v) is 2.89. The Hall–Kier alpha value is -1.88. The number of carboxylic acid groups (broad SMARTS) is 1. The molecule has 1 aliphatic rings. The van der Waals surface area contributed by atoms with E-state index in [1.807, 2.05) is 25.1 Å². The van der Waals surface area contributed by atoms with Crippen molar-refractivity contribution in [3.8, 4) is 0 Å². The van der Waals surface area contributed by atoms with E-state index < -0.39 is 5.97 Å². The molecule has 2 unspecified atom stereocenters. The minimum absolute atomic E-state index is 0.0347. The number of carbonyl (C=O) groups is 2. The molecule has 0 aliphatic carbocycles. The number of nitrogens with zero attached hydrogens (tertiary/aromatic N) is 1. The van der Waals surface area contributed by atoms with Gasteiger partial charge in [-0.3, -0.25) is 9.59 Å². The van der Waals surface area contributed by atoms with Crippen LogP contribution in [-0.2, 0) is 22.4 Å². The summed E-state index contributed by atoms with van der Waals surface area (Å²) in [7, 11) is 0. The van der Waals surface area contributed by atoms with Gasteiger partial charge in [-0.2, -0.15) is 0 Å². The molecule has 1 heterocycles. The summed E-state index contributed by atoms with van der Waals surface area (Å²) in [6, 6.07) is 5.69. The van der Waals surface area contributed by atoms with Crippen LogP contribution in [0.1, 0.15) is 31.4 Å². The minimum Gasteiger partial charge on any atom is -0.481 e. The van der Waals surface area contributed by atoms with Gasteiger partial charge >= 0.3 is 5.97 Å². The molecule has 3 N–H and O–H groups in total. The number of amides is 1. The average Bonchev–Trinajstić information content (AvgIpc) is 2.62. The Morgan fingerprint density at radius 2 is 2.20 bits per heavy atom. The second-order valence-corrected chi connectivity index (χ2v) is 5.47. The van der Waals surface area contributed by atoms with Crippen molar-refractivity contribution in [3.05, 3.63) is 29.3 Å². The Kier molecular flexibility index (Phi) is 4.09. The van der Waals surface area contributed by atoms with E-state index in [4.69, 9.17) is 10.8 Å². The highest BCUT2D eigenvalue weighted by atomic mass is 16.4. The smallest absolute Gasteiger partial charge is 0.304 e. The number of carbonyl (C=O) groups excluding carboxylic acids is 1. The largest absolute Gasteiger partial charge is 0.481 e. The van der Waals surface area contributed by atoms with E-state index in [0.717, 1.165) is 23.2 Å². The highest BCUT2D eigenvalue weighted by Gasteiger charge is 2.28. The van der Waals surface area contributed by atoms with E-state index in [2.05, 4.69) is 0 Å². The standard InChI is InChI=1S/C15H20N2O3/c1-9-5-12-6-11(7-13(16)8-15(19)20)3-4-14(12)17(9)10(2)18/h3-4,6,9,13H,5,7-8,16H2,1-2H3,(H,19,20). The maximum Gasteiger partial charge on any atom is 0.304 e. The lowest BCUT2D eigenvalue weighted by Crippen LogP contribution is -2.33. The molecule has 0 saturated heterocycles. The van der Waals surface area contributed by atoms with Crippen LogP contribution in [0.2, 0.25) is 0 Å². The topological polar surface area (TPSA) is 83.6 Å². The van der Waals surface area contributed by atoms with Gasteiger partial charge in [-0.1, -0.05) is 12.1 Å². The van der Waals surface area contributed by atoms with Crippen molar-refractivity contribution in [1.29, 1.82) is 0 Å². The zero-order chi connectivity index (χ0) is 14.9. The number of anilines is 1. The molecule has 1 aliphatic heterocycles. The van der Waals surface area contributed by atoms with Crippen LogP contribution in [-0.4, -0.2) is 29.1 Å². The van der Waals surface area contributed by atoms with Gasteiger partial charge in [0.05, 0.1) is 6.42 Å². The van der Waals surface area contributed by atoms with E-state index in [-0.39, 0.29) is 24.4 Å². The van der Waals surface area contributed by atoms with E-state index in [9.17, 15) is 9.59 Å². The summed E-state index contributed by atoms with van der Waals surface area (Å²) in [6.07, 6.45) is 1.33. The van der Waals surface area contributed by atoms with Crippen LogP contribution in [0.3, 0.4) is 0 Å². The van der Waals surface area contributed by atoms with Gasteiger partial charge in [0.2, 0.25) is 5.91 Å². The third-order valence-electron chi connectivity index (χ3n) is 3.63. The van der Waals surface area contributed by atoms with E-state index in [1.54, 1.807) is 11.8 Å². The fraction of sp³-hybridized carbons (Fsp3) is 0.467. The van der Waals surface area contributed by atoms with Crippen LogP contribution in [0.4, 0.5) is 5.69 Å². The number of rotatable bonds is 4. The first-order valence-electron chi connectivity index (χ1n) is 6.77. The second kappa shape index (κ2) is 5.63. The lowest BCUT2D eigenvalue weighted by molar-refractivity contribution is -0.137. The fourth-order valence-electron chi connectivity index (χ4n) is 2.89. The average molecular weight is 276 g/mol. The quantitative estimate of drug-likeness (QED) is 0.869. The molecule has 1 aromatic rings. The van der Waals surface area contributed by atoms with Crippen molar-refractivity contribution in [3.63, 3.8) is 0 Å². The number of nitrogens with two attached hydrogens (primary N) is 1. The monoisotopic (exact) mass is 276 g/mol. The van der Waals surface area contributed by atoms with Crippen molar-refractivity contribution in [1.82, 2.24) is 0 Å². The van der Waals surface area contributed by atoms with Crippen LogP contribution < -0.4 is 10.6 Å². The number of aliphatic carboxylic acids is 1. The van der Waals surface area contributed by atoms with Crippen molar-refractivity contribution in [2.45, 2.75) is 45.2 Å². The number of fused-ring (bicyclic) bond motifs is 1. The normalized spacial score (nSPS) is 18.8. The Bertz CT molecular complexity index is 542. The number of carboxylic acids is 1. The zero-order valence-electron chi connectivity index (χ0n) is 11.8. The Morgan fingerprint density at radius 1 is 1.50 bits per heavy atom. The van der Waals surface area contributed by atoms with Gasteiger partial charge in [0.1, 0.15) is 0 Å². The minimum atomic E-state index is -0.880. The number of hydrogen-bond donors (Lipinski definition) is 2. The number of hydrogen-bond acceptors (Lipinski definition) is 3. The van der Waals surface area contributed by atoms with Gasteiger partial charge in [-0.05, 0) is 37.0 Å². The summed E-state index contributed by atoms with van der Waals surface area (Å²) in [5.41, 5.74) is 8.92. The molecule has 0 fully saturated rings. The van der Waals surface area contributed by atoms with Gasteiger partial charge in [0.25, 0.3) is 0 Å². The van der Waals surface area contributed by atoms with E-state index >= 15 is 0 Å². The maximum atomic E-state index is 11.6. The first kappa shape index (κ1) is 14.5. The van der Waals surface area contributed by atoms with Crippen molar-refractivity contribution < 1.29 is 14.7 Å². The molecule has 1 amide bonds. The molecule has 0 radical (unpaired) electrons. The van der Waals surface area contributed by atoms with E-state index in [0.29, 0.717) is 6.42 Å². The first-order valence-corrected chi connectivity index (χ1v) is 6.77. The summed E-state index contributed by atoms with van der Waals surface area (Å²) in [5, 5.41) is 8.72. The molecule has 5 nitrogen and oxygen atoms in total. The van der Waals surface area contributed by atoms with Gasteiger partial charge in [0, 0.05) is 24.7 Å². The molecule has 20 heavy (non-hydrogen) atoms. The predicted molar refractivity (Wildman–Crippen MR) is 76.7 cm³/mol.